The predicted octanol–water partition coefficient (Wildman–Crippen LogP) is 4.71. The molecule has 0 radical (unpaired) electrons. The molecule has 174 valence electrons. The maximum atomic E-state index is 13.7. The molecule has 0 bridgehead atoms. The van der Waals surface area contributed by atoms with E-state index >= 15 is 0 Å². The van der Waals surface area contributed by atoms with Gasteiger partial charge < -0.3 is 24.1 Å². The molecule has 0 fully saturated rings. The summed E-state index contributed by atoms with van der Waals surface area (Å²) in [6, 6.07) is 19.8. The molecule has 0 spiro atoms. The first-order valence-electron chi connectivity index (χ1n) is 10.7. The van der Waals surface area contributed by atoms with Crippen LogP contribution in [0.4, 0.5) is 5.69 Å². The van der Waals surface area contributed by atoms with Crippen LogP contribution in [0.5, 0.6) is 17.2 Å². The Morgan fingerprint density at radius 1 is 0.824 bits per heavy atom. The number of hydrogen-bond donors (Lipinski definition) is 1. The minimum Gasteiger partial charge on any atom is -0.497 e. The van der Waals surface area contributed by atoms with Crippen LogP contribution in [0, 0.1) is 6.92 Å². The highest BCUT2D eigenvalue weighted by Crippen LogP contribution is 2.27. The van der Waals surface area contributed by atoms with E-state index in [1.807, 2.05) is 31.2 Å². The molecule has 0 aliphatic carbocycles. The molecule has 1 heterocycles. The standard InChI is InChI=1S/C27H26N2O5/c1-17-5-6-18-12-20(26(30)28-25(18)11-17)16-29(21-7-9-22(32-2)10-8-21)27(31)19-13-23(33-3)15-24(14-19)34-4/h5-15H,16H2,1-4H3,(H,28,30). The molecule has 3 aromatic carbocycles. The molecule has 0 aliphatic rings. The third-order valence-electron chi connectivity index (χ3n) is 5.63. The third kappa shape index (κ3) is 4.73. The number of hydrogen-bond acceptors (Lipinski definition) is 5. The summed E-state index contributed by atoms with van der Waals surface area (Å²) in [6.07, 6.45) is 0. The molecule has 34 heavy (non-hydrogen) atoms. The summed E-state index contributed by atoms with van der Waals surface area (Å²) in [7, 11) is 4.64. The van der Waals surface area contributed by atoms with E-state index in [0.717, 1.165) is 16.5 Å². The fraction of sp³-hybridized carbons (Fsp3) is 0.185. The number of methoxy groups -OCH3 is 3. The molecule has 7 heteroatoms. The van der Waals surface area contributed by atoms with Crippen molar-refractivity contribution in [3.8, 4) is 17.2 Å². The lowest BCUT2D eigenvalue weighted by Gasteiger charge is -2.24. The summed E-state index contributed by atoms with van der Waals surface area (Å²) in [6.45, 7) is 2.04. The molecule has 4 aromatic rings. The van der Waals surface area contributed by atoms with Crippen LogP contribution < -0.4 is 24.7 Å². The molecular formula is C27H26N2O5. The summed E-state index contributed by atoms with van der Waals surface area (Å²) in [4.78, 5) is 31.1. The number of amides is 1. The number of carbonyl (C=O) groups is 1. The Morgan fingerprint density at radius 3 is 2.09 bits per heavy atom. The van der Waals surface area contributed by atoms with Crippen LogP contribution in [0.3, 0.4) is 0 Å². The lowest BCUT2D eigenvalue weighted by atomic mass is 10.1. The van der Waals surface area contributed by atoms with Gasteiger partial charge >= 0.3 is 0 Å². The summed E-state index contributed by atoms with van der Waals surface area (Å²) in [5.74, 6) is 1.36. The van der Waals surface area contributed by atoms with Gasteiger partial charge in [0.15, 0.2) is 0 Å². The van der Waals surface area contributed by atoms with E-state index in [2.05, 4.69) is 4.98 Å². The number of pyridine rings is 1. The van der Waals surface area contributed by atoms with Crippen molar-refractivity contribution in [1.29, 1.82) is 0 Å². The Balaban J connectivity index is 1.79. The van der Waals surface area contributed by atoms with E-state index in [9.17, 15) is 9.59 Å². The number of anilines is 1. The fourth-order valence-corrected chi connectivity index (χ4v) is 3.78. The molecular weight excluding hydrogens is 432 g/mol. The van der Waals surface area contributed by atoms with Crippen LogP contribution >= 0.6 is 0 Å². The van der Waals surface area contributed by atoms with Gasteiger partial charge in [0, 0.05) is 28.4 Å². The van der Waals surface area contributed by atoms with E-state index < -0.39 is 0 Å². The van der Waals surface area contributed by atoms with Gasteiger partial charge in [-0.15, -0.1) is 0 Å². The second kappa shape index (κ2) is 9.70. The molecule has 4 rings (SSSR count). The number of benzene rings is 3. The van der Waals surface area contributed by atoms with E-state index in [0.29, 0.717) is 34.1 Å². The Kier molecular flexibility index (Phi) is 6.54. The zero-order chi connectivity index (χ0) is 24.2. The number of carbonyl (C=O) groups excluding carboxylic acids is 1. The number of ether oxygens (including phenoxy) is 3. The van der Waals surface area contributed by atoms with E-state index in [1.54, 1.807) is 54.5 Å². The lowest BCUT2D eigenvalue weighted by Crippen LogP contribution is -2.33. The Hall–Kier alpha value is -4.26. The maximum absolute atomic E-state index is 13.7. The normalized spacial score (nSPS) is 10.7. The third-order valence-corrected chi connectivity index (χ3v) is 5.63. The summed E-state index contributed by atoms with van der Waals surface area (Å²) in [5, 5.41) is 0.894. The first kappa shape index (κ1) is 22.9. The van der Waals surface area contributed by atoms with Crippen molar-refractivity contribution >= 4 is 22.5 Å². The van der Waals surface area contributed by atoms with E-state index in [-0.39, 0.29) is 18.0 Å². The molecule has 0 saturated carbocycles. The van der Waals surface area contributed by atoms with Crippen LogP contribution in [0.2, 0.25) is 0 Å². The van der Waals surface area contributed by atoms with Crippen molar-refractivity contribution in [2.75, 3.05) is 26.2 Å². The SMILES string of the molecule is COc1ccc(N(Cc2cc3ccc(C)cc3[nH]c2=O)C(=O)c2cc(OC)cc(OC)c2)cc1. The van der Waals surface area contributed by atoms with Crippen LogP contribution in [0.25, 0.3) is 10.9 Å². The van der Waals surface area contributed by atoms with Crippen molar-refractivity contribution in [3.05, 3.63) is 93.8 Å². The average molecular weight is 459 g/mol. The molecule has 7 nitrogen and oxygen atoms in total. The van der Waals surface area contributed by atoms with Crippen molar-refractivity contribution in [2.45, 2.75) is 13.5 Å². The smallest absolute Gasteiger partial charge is 0.258 e. The summed E-state index contributed by atoms with van der Waals surface area (Å²) < 4.78 is 15.9. The first-order valence-corrected chi connectivity index (χ1v) is 10.7. The number of aromatic nitrogens is 1. The highest BCUT2D eigenvalue weighted by atomic mass is 16.5. The molecule has 0 atom stereocenters. The van der Waals surface area contributed by atoms with E-state index in [1.165, 1.54) is 14.2 Å². The second-order valence-electron chi connectivity index (χ2n) is 7.91. The van der Waals surface area contributed by atoms with E-state index in [4.69, 9.17) is 14.2 Å². The van der Waals surface area contributed by atoms with Crippen molar-refractivity contribution in [1.82, 2.24) is 4.98 Å². The van der Waals surface area contributed by atoms with Gasteiger partial charge in [-0.3, -0.25) is 9.59 Å². The predicted molar refractivity (Wildman–Crippen MR) is 132 cm³/mol. The van der Waals surface area contributed by atoms with Crippen LogP contribution in [0.15, 0.2) is 71.5 Å². The van der Waals surface area contributed by atoms with Gasteiger partial charge in [-0.2, -0.15) is 0 Å². The monoisotopic (exact) mass is 458 g/mol. The maximum Gasteiger partial charge on any atom is 0.258 e. The van der Waals surface area contributed by atoms with Gasteiger partial charge in [0.1, 0.15) is 17.2 Å². The number of nitrogens with zero attached hydrogens (tertiary/aromatic N) is 1. The number of rotatable bonds is 7. The zero-order valence-electron chi connectivity index (χ0n) is 19.5. The number of nitrogens with one attached hydrogen (secondary N) is 1. The summed E-state index contributed by atoms with van der Waals surface area (Å²) >= 11 is 0. The highest BCUT2D eigenvalue weighted by molar-refractivity contribution is 6.06. The van der Waals surface area contributed by atoms with Gasteiger partial charge in [0.05, 0.1) is 27.9 Å². The van der Waals surface area contributed by atoms with Gasteiger partial charge in [0.2, 0.25) is 0 Å². The van der Waals surface area contributed by atoms with Gasteiger partial charge in [-0.05, 0) is 66.4 Å². The Labute approximate surface area is 197 Å². The van der Waals surface area contributed by atoms with Gasteiger partial charge in [-0.1, -0.05) is 12.1 Å². The molecule has 0 aliphatic heterocycles. The summed E-state index contributed by atoms with van der Waals surface area (Å²) in [5.41, 5.74) is 3.03. The van der Waals surface area contributed by atoms with Crippen LogP contribution in [-0.2, 0) is 6.54 Å². The van der Waals surface area contributed by atoms with Crippen LogP contribution in [-0.4, -0.2) is 32.2 Å². The minimum atomic E-state index is -0.300. The average Bonchev–Trinajstić information content (AvgIpc) is 2.86. The highest BCUT2D eigenvalue weighted by Gasteiger charge is 2.21. The molecule has 1 N–H and O–H groups in total. The van der Waals surface area contributed by atoms with Crippen molar-refractivity contribution < 1.29 is 19.0 Å². The Bertz CT molecular complexity index is 1370. The molecule has 0 saturated heterocycles. The second-order valence-corrected chi connectivity index (χ2v) is 7.91. The molecule has 1 amide bonds. The first-order chi connectivity index (χ1) is 16.4. The fourth-order valence-electron chi connectivity index (χ4n) is 3.78. The van der Waals surface area contributed by atoms with Crippen LogP contribution in [0.1, 0.15) is 21.5 Å². The van der Waals surface area contributed by atoms with Crippen molar-refractivity contribution in [2.24, 2.45) is 0 Å². The van der Waals surface area contributed by atoms with Gasteiger partial charge in [0.25, 0.3) is 11.5 Å². The zero-order valence-corrected chi connectivity index (χ0v) is 19.5. The largest absolute Gasteiger partial charge is 0.497 e. The van der Waals surface area contributed by atoms with Gasteiger partial charge in [-0.25, -0.2) is 0 Å². The number of aromatic amines is 1. The number of aryl methyl sites for hydroxylation is 1. The Morgan fingerprint density at radius 2 is 1.47 bits per heavy atom. The van der Waals surface area contributed by atoms with Crippen molar-refractivity contribution in [3.63, 3.8) is 0 Å². The molecule has 1 aromatic heterocycles. The topological polar surface area (TPSA) is 80.9 Å². The number of fused-ring (bicyclic) bond motifs is 1. The lowest BCUT2D eigenvalue weighted by molar-refractivity contribution is 0.0984. The molecule has 0 unspecified atom stereocenters. The number of H-pyrrole nitrogens is 1. The minimum absolute atomic E-state index is 0.0733. The quantitative estimate of drug-likeness (QED) is 0.434.